The number of halogens is 2. The standard InChI is InChI=1S/C29H31F2N7O2/c30-19-3-4-24(31)22(14-19)25-2-1-8-36(25)20-5-10-38-26(15-20)23(16-33-38)29(40)37-13-12-35-11-7-32-28(35)27(37)18-34-9-6-21(39)17-34/h3-5,7,10-11,14-16,21,25,27,39H,1-2,6,8-9,12-13,17-18H2/t21-,25+,27?/m0/s1. The zero-order valence-electron chi connectivity index (χ0n) is 22.0. The molecule has 40 heavy (non-hydrogen) atoms. The van der Waals surface area contributed by atoms with Gasteiger partial charge in [-0.25, -0.2) is 18.3 Å². The fourth-order valence-corrected chi connectivity index (χ4v) is 6.60. The number of aliphatic hydroxyl groups is 1. The number of hydrogen-bond acceptors (Lipinski definition) is 6. The second-order valence-corrected chi connectivity index (χ2v) is 11.0. The molecule has 11 heteroatoms. The summed E-state index contributed by atoms with van der Waals surface area (Å²) >= 11 is 0. The summed E-state index contributed by atoms with van der Waals surface area (Å²) in [7, 11) is 0. The highest BCUT2D eigenvalue weighted by Gasteiger charge is 2.36. The van der Waals surface area contributed by atoms with Gasteiger partial charge < -0.3 is 19.5 Å². The third-order valence-electron chi connectivity index (χ3n) is 8.58. The second-order valence-electron chi connectivity index (χ2n) is 11.0. The number of fused-ring (bicyclic) bond motifs is 2. The van der Waals surface area contributed by atoms with E-state index in [0.717, 1.165) is 37.0 Å². The Morgan fingerprint density at radius 1 is 1.05 bits per heavy atom. The van der Waals surface area contributed by atoms with Gasteiger partial charge in [-0.3, -0.25) is 9.69 Å². The summed E-state index contributed by atoms with van der Waals surface area (Å²) in [4.78, 5) is 24.8. The van der Waals surface area contributed by atoms with Crippen LogP contribution in [0.1, 0.15) is 53.1 Å². The molecule has 6 heterocycles. The zero-order valence-corrected chi connectivity index (χ0v) is 22.0. The summed E-state index contributed by atoms with van der Waals surface area (Å²) in [6.07, 6.45) is 9.07. The number of carbonyl (C=O) groups is 1. The number of benzene rings is 1. The molecular weight excluding hydrogens is 516 g/mol. The lowest BCUT2D eigenvalue weighted by Gasteiger charge is -2.37. The smallest absolute Gasteiger partial charge is 0.258 e. The number of imidazole rings is 1. The van der Waals surface area contributed by atoms with E-state index in [1.54, 1.807) is 16.9 Å². The summed E-state index contributed by atoms with van der Waals surface area (Å²) in [5.41, 5.74) is 2.34. The number of amides is 1. The minimum absolute atomic E-state index is 0.125. The number of hydrogen-bond donors (Lipinski definition) is 1. The number of nitrogens with zero attached hydrogens (tertiary/aromatic N) is 7. The fourth-order valence-electron chi connectivity index (χ4n) is 6.60. The maximum Gasteiger partial charge on any atom is 0.258 e. The Balaban J connectivity index is 1.21. The maximum absolute atomic E-state index is 14.7. The van der Waals surface area contributed by atoms with Crippen molar-refractivity contribution in [2.45, 2.75) is 44.0 Å². The van der Waals surface area contributed by atoms with Crippen molar-refractivity contribution in [3.8, 4) is 0 Å². The molecule has 1 unspecified atom stereocenters. The predicted octanol–water partition coefficient (Wildman–Crippen LogP) is 3.41. The van der Waals surface area contributed by atoms with Crippen molar-refractivity contribution < 1.29 is 18.7 Å². The first-order chi connectivity index (χ1) is 19.5. The van der Waals surface area contributed by atoms with Crippen LogP contribution in [0.5, 0.6) is 0 Å². The van der Waals surface area contributed by atoms with Crippen LogP contribution >= 0.6 is 0 Å². The van der Waals surface area contributed by atoms with Crippen molar-refractivity contribution in [1.82, 2.24) is 29.0 Å². The van der Waals surface area contributed by atoms with Gasteiger partial charge in [-0.05, 0) is 49.6 Å². The molecular formula is C29H31F2N7O2. The molecule has 2 fully saturated rings. The van der Waals surface area contributed by atoms with Crippen LogP contribution in [0.25, 0.3) is 5.52 Å². The van der Waals surface area contributed by atoms with E-state index in [-0.39, 0.29) is 24.1 Å². The molecule has 2 saturated heterocycles. The van der Waals surface area contributed by atoms with Crippen LogP contribution in [0.15, 0.2) is 55.1 Å². The van der Waals surface area contributed by atoms with Crippen LogP contribution in [0, 0.1) is 11.6 Å². The van der Waals surface area contributed by atoms with E-state index in [1.807, 2.05) is 29.4 Å². The molecule has 1 aromatic carbocycles. The molecule has 0 bridgehead atoms. The van der Waals surface area contributed by atoms with Crippen molar-refractivity contribution in [2.75, 3.05) is 37.6 Å². The summed E-state index contributed by atoms with van der Waals surface area (Å²) < 4.78 is 32.5. The SMILES string of the molecule is O=C(c1cnn2ccc(N3CCC[C@@H]3c3cc(F)ccc3F)cc12)N1CCn2ccnc2C1CN1CC[C@H](O)C1. The molecule has 1 amide bonds. The van der Waals surface area contributed by atoms with E-state index >= 15 is 0 Å². The first-order valence-electron chi connectivity index (χ1n) is 13.9. The van der Waals surface area contributed by atoms with Gasteiger partial charge in [0.1, 0.15) is 23.5 Å². The first kappa shape index (κ1) is 25.2. The quantitative estimate of drug-likeness (QED) is 0.413. The van der Waals surface area contributed by atoms with E-state index in [0.29, 0.717) is 55.8 Å². The summed E-state index contributed by atoms with van der Waals surface area (Å²) in [5.74, 6) is -0.155. The molecule has 0 radical (unpaired) electrons. The van der Waals surface area contributed by atoms with Crippen LogP contribution in [0.3, 0.4) is 0 Å². The van der Waals surface area contributed by atoms with Gasteiger partial charge in [0.25, 0.3) is 5.91 Å². The summed E-state index contributed by atoms with van der Waals surface area (Å²) in [6.45, 7) is 3.85. The Hall–Kier alpha value is -3.83. The third kappa shape index (κ3) is 4.33. The highest BCUT2D eigenvalue weighted by molar-refractivity contribution is 6.01. The molecule has 3 atom stereocenters. The van der Waals surface area contributed by atoms with E-state index in [9.17, 15) is 18.7 Å². The Labute approximate surface area is 230 Å². The first-order valence-corrected chi connectivity index (χ1v) is 13.9. The van der Waals surface area contributed by atoms with Crippen molar-refractivity contribution in [3.63, 3.8) is 0 Å². The number of likely N-dealkylation sites (tertiary alicyclic amines) is 1. The van der Waals surface area contributed by atoms with Gasteiger partial charge in [0.2, 0.25) is 0 Å². The van der Waals surface area contributed by atoms with Gasteiger partial charge in [-0.2, -0.15) is 5.10 Å². The predicted molar refractivity (Wildman–Crippen MR) is 144 cm³/mol. The molecule has 9 nitrogen and oxygen atoms in total. The number of anilines is 1. The zero-order chi connectivity index (χ0) is 27.4. The van der Waals surface area contributed by atoms with E-state index in [1.165, 1.54) is 12.1 Å². The molecule has 3 aliphatic heterocycles. The number of rotatable bonds is 5. The van der Waals surface area contributed by atoms with Crippen LogP contribution < -0.4 is 4.90 Å². The van der Waals surface area contributed by atoms with Gasteiger partial charge in [-0.1, -0.05) is 0 Å². The van der Waals surface area contributed by atoms with Crippen LogP contribution in [0.2, 0.25) is 0 Å². The van der Waals surface area contributed by atoms with Crippen molar-refractivity contribution in [2.24, 2.45) is 0 Å². The van der Waals surface area contributed by atoms with Crippen molar-refractivity contribution >= 4 is 17.1 Å². The number of β-amino-alcohol motifs (C(OH)–C–C–N with tert-alkyl or cyclic N) is 1. The Morgan fingerprint density at radius 2 is 1.95 bits per heavy atom. The number of pyridine rings is 1. The van der Waals surface area contributed by atoms with Crippen LogP contribution in [0.4, 0.5) is 14.5 Å². The van der Waals surface area contributed by atoms with Crippen LogP contribution in [-0.2, 0) is 6.54 Å². The number of carbonyl (C=O) groups excluding carboxylic acids is 1. The van der Waals surface area contributed by atoms with E-state index in [4.69, 9.17) is 0 Å². The highest BCUT2D eigenvalue weighted by atomic mass is 19.1. The average molecular weight is 548 g/mol. The summed E-state index contributed by atoms with van der Waals surface area (Å²) in [6, 6.07) is 6.89. The monoisotopic (exact) mass is 547 g/mol. The minimum atomic E-state index is -0.456. The lowest BCUT2D eigenvalue weighted by atomic mass is 10.0. The molecule has 3 aliphatic rings. The Bertz CT molecular complexity index is 1570. The number of aliphatic hydroxyl groups excluding tert-OH is 1. The molecule has 0 saturated carbocycles. The van der Waals surface area contributed by atoms with Gasteiger partial charge in [-0.15, -0.1) is 0 Å². The van der Waals surface area contributed by atoms with Gasteiger partial charge in [0.15, 0.2) is 0 Å². The topological polar surface area (TPSA) is 82.1 Å². The minimum Gasteiger partial charge on any atom is -0.392 e. The van der Waals surface area contributed by atoms with Crippen LogP contribution in [-0.4, -0.2) is 78.8 Å². The second kappa shape index (κ2) is 9.97. The molecule has 208 valence electrons. The van der Waals surface area contributed by atoms with Crippen molar-refractivity contribution in [3.05, 3.63) is 83.7 Å². The Morgan fingerprint density at radius 3 is 2.80 bits per heavy atom. The molecule has 1 N–H and O–H groups in total. The lowest BCUT2D eigenvalue weighted by Crippen LogP contribution is -2.46. The average Bonchev–Trinajstić information content (AvgIpc) is 3.76. The molecule has 0 spiro atoms. The van der Waals surface area contributed by atoms with Gasteiger partial charge in [0.05, 0.1) is 29.4 Å². The fraction of sp³-hybridized carbons (Fsp3) is 0.414. The lowest BCUT2D eigenvalue weighted by molar-refractivity contribution is 0.0557. The summed E-state index contributed by atoms with van der Waals surface area (Å²) in [5, 5.41) is 14.5. The highest BCUT2D eigenvalue weighted by Crippen LogP contribution is 2.38. The molecule has 4 aromatic rings. The maximum atomic E-state index is 14.7. The van der Waals surface area contributed by atoms with Gasteiger partial charge in [0, 0.05) is 69.1 Å². The normalized spacial score (nSPS) is 23.3. The van der Waals surface area contributed by atoms with E-state index in [2.05, 4.69) is 24.4 Å². The van der Waals surface area contributed by atoms with Crippen molar-refractivity contribution in [1.29, 1.82) is 0 Å². The number of aromatic nitrogens is 4. The molecule has 7 rings (SSSR count). The molecule has 3 aromatic heterocycles. The Kier molecular flexibility index (Phi) is 6.27. The largest absolute Gasteiger partial charge is 0.392 e. The van der Waals surface area contributed by atoms with Gasteiger partial charge >= 0.3 is 0 Å². The molecule has 0 aliphatic carbocycles. The van der Waals surface area contributed by atoms with E-state index < -0.39 is 11.6 Å². The third-order valence-corrected chi connectivity index (χ3v) is 8.58.